The van der Waals surface area contributed by atoms with Crippen molar-refractivity contribution in [3.8, 4) is 17.0 Å². The van der Waals surface area contributed by atoms with Crippen molar-refractivity contribution in [2.45, 2.75) is 32.4 Å². The molecular weight excluding hydrogens is 480 g/mol. The molecule has 1 saturated heterocycles. The summed E-state index contributed by atoms with van der Waals surface area (Å²) in [6, 6.07) is 8.92. The molecule has 10 nitrogen and oxygen atoms in total. The van der Waals surface area contributed by atoms with Crippen molar-refractivity contribution >= 4 is 26.8 Å². The lowest BCUT2D eigenvalue weighted by Gasteiger charge is -2.13. The largest absolute Gasteiger partial charge is 0.497 e. The molecule has 0 radical (unpaired) electrons. The molecule has 5 rings (SSSR count). The number of ether oxygens (including phenoxy) is 1. The highest BCUT2D eigenvalue weighted by Gasteiger charge is 2.32. The molecule has 11 heteroatoms. The molecular formula is C25H28N6O4S. The highest BCUT2D eigenvalue weighted by atomic mass is 32.2. The third kappa shape index (κ3) is 4.83. The number of methoxy groups -OCH3 is 1. The summed E-state index contributed by atoms with van der Waals surface area (Å²) in [5.41, 5.74) is 2.99. The Bertz CT molecular complexity index is 1510. The van der Waals surface area contributed by atoms with Gasteiger partial charge in [-0.3, -0.25) is 4.79 Å². The zero-order valence-corrected chi connectivity index (χ0v) is 21.0. The number of imidazole rings is 1. The first-order valence-corrected chi connectivity index (χ1v) is 13.7. The van der Waals surface area contributed by atoms with E-state index in [0.717, 1.165) is 18.5 Å². The van der Waals surface area contributed by atoms with Gasteiger partial charge in [0.05, 0.1) is 53.3 Å². The van der Waals surface area contributed by atoms with Crippen LogP contribution in [-0.4, -0.2) is 63.8 Å². The number of hydrogen-bond donors (Lipinski definition) is 1. The van der Waals surface area contributed by atoms with Gasteiger partial charge in [0.2, 0.25) is 0 Å². The van der Waals surface area contributed by atoms with Crippen molar-refractivity contribution < 1.29 is 17.9 Å². The number of pyridine rings is 1. The summed E-state index contributed by atoms with van der Waals surface area (Å²) in [6.07, 6.45) is 6.57. The van der Waals surface area contributed by atoms with E-state index in [1.165, 1.54) is 0 Å². The second-order valence-corrected chi connectivity index (χ2v) is 11.2. The van der Waals surface area contributed by atoms with Crippen molar-refractivity contribution in [2.24, 2.45) is 0 Å². The first kappa shape index (κ1) is 24.0. The average Bonchev–Trinajstić information content (AvgIpc) is 3.60. The van der Waals surface area contributed by atoms with E-state index >= 15 is 0 Å². The van der Waals surface area contributed by atoms with E-state index in [-0.39, 0.29) is 23.5 Å². The van der Waals surface area contributed by atoms with E-state index < -0.39 is 9.84 Å². The van der Waals surface area contributed by atoms with Crippen LogP contribution >= 0.6 is 0 Å². The van der Waals surface area contributed by atoms with Gasteiger partial charge in [-0.2, -0.15) is 5.10 Å². The van der Waals surface area contributed by atoms with Crippen LogP contribution in [0.2, 0.25) is 0 Å². The maximum Gasteiger partial charge on any atom is 0.252 e. The van der Waals surface area contributed by atoms with Gasteiger partial charge < -0.3 is 14.6 Å². The quantitative estimate of drug-likeness (QED) is 0.363. The first-order valence-electron chi connectivity index (χ1n) is 11.8. The summed E-state index contributed by atoms with van der Waals surface area (Å²) in [5.74, 6) is 0.590. The zero-order valence-electron chi connectivity index (χ0n) is 20.2. The van der Waals surface area contributed by atoms with Crippen LogP contribution in [0.5, 0.6) is 5.75 Å². The molecule has 188 valence electrons. The summed E-state index contributed by atoms with van der Waals surface area (Å²) in [7, 11) is -1.53. The third-order valence-corrected chi connectivity index (χ3v) is 8.19. The Morgan fingerprint density at radius 2 is 2.14 bits per heavy atom. The van der Waals surface area contributed by atoms with Gasteiger partial charge in [0, 0.05) is 31.0 Å². The lowest BCUT2D eigenvalue weighted by Crippen LogP contribution is -2.25. The standard InChI is InChI=1S/C25H28N6O4S/c1-17-23-21(25(32)27-8-4-10-30-11-9-26-16-30)14-22(18-5-3-6-20(13-18)35-2)28-24(23)31(29-17)19-7-12-36(33,34)15-19/h3,5-6,9,11,13-14,16,19H,4,7-8,10,12,15H2,1-2H3,(H,27,32). The van der Waals surface area contributed by atoms with Crippen molar-refractivity contribution in [1.29, 1.82) is 0 Å². The molecule has 3 aromatic heterocycles. The van der Waals surface area contributed by atoms with Crippen LogP contribution in [0.3, 0.4) is 0 Å². The topological polar surface area (TPSA) is 121 Å². The minimum Gasteiger partial charge on any atom is -0.497 e. The molecule has 1 amide bonds. The SMILES string of the molecule is COc1cccc(-c2cc(C(=O)NCCCn3ccnc3)c3c(C)nn(C4CCS(=O)(=O)C4)c3n2)c1. The number of nitrogens with one attached hydrogen (secondary N) is 1. The van der Waals surface area contributed by atoms with Crippen molar-refractivity contribution in [2.75, 3.05) is 25.2 Å². The third-order valence-electron chi connectivity index (χ3n) is 6.44. The predicted octanol–water partition coefficient (Wildman–Crippen LogP) is 2.79. The maximum atomic E-state index is 13.4. The molecule has 0 spiro atoms. The van der Waals surface area contributed by atoms with E-state index in [1.54, 1.807) is 30.4 Å². The Kier molecular flexibility index (Phi) is 6.48. The van der Waals surface area contributed by atoms with Crippen LogP contribution in [0.15, 0.2) is 49.1 Å². The molecule has 1 fully saturated rings. The molecule has 36 heavy (non-hydrogen) atoms. The highest BCUT2D eigenvalue weighted by Crippen LogP contribution is 2.32. The summed E-state index contributed by atoms with van der Waals surface area (Å²) in [5, 5.41) is 8.31. The van der Waals surface area contributed by atoms with E-state index in [0.29, 0.717) is 46.7 Å². The van der Waals surface area contributed by atoms with Crippen molar-refractivity contribution in [3.63, 3.8) is 0 Å². The van der Waals surface area contributed by atoms with Gasteiger partial charge in [-0.05, 0) is 38.0 Å². The number of nitrogens with zero attached hydrogens (tertiary/aromatic N) is 5. The Balaban J connectivity index is 1.53. The van der Waals surface area contributed by atoms with Gasteiger partial charge in [-0.15, -0.1) is 0 Å². The van der Waals surface area contributed by atoms with Crippen LogP contribution < -0.4 is 10.1 Å². The number of rotatable bonds is 8. The maximum absolute atomic E-state index is 13.4. The van der Waals surface area contributed by atoms with Gasteiger partial charge in [-0.25, -0.2) is 23.1 Å². The van der Waals surface area contributed by atoms with Crippen LogP contribution in [0.1, 0.15) is 34.9 Å². The number of benzene rings is 1. The molecule has 1 aliphatic heterocycles. The zero-order chi connectivity index (χ0) is 25.3. The van der Waals surface area contributed by atoms with E-state index in [4.69, 9.17) is 9.72 Å². The number of fused-ring (bicyclic) bond motifs is 1. The van der Waals surface area contributed by atoms with Crippen LogP contribution in [0.4, 0.5) is 0 Å². The Hall–Kier alpha value is -3.73. The molecule has 1 aromatic carbocycles. The molecule has 1 atom stereocenters. The molecule has 0 saturated carbocycles. The number of carbonyl (C=O) groups is 1. The average molecular weight is 509 g/mol. The number of sulfone groups is 1. The second-order valence-electron chi connectivity index (χ2n) is 8.98. The fourth-order valence-electron chi connectivity index (χ4n) is 4.62. The Labute approximate surface area is 209 Å². The Morgan fingerprint density at radius 1 is 1.28 bits per heavy atom. The fraction of sp³-hybridized carbons (Fsp3) is 0.360. The summed E-state index contributed by atoms with van der Waals surface area (Å²) in [6.45, 7) is 3.06. The van der Waals surface area contributed by atoms with E-state index in [2.05, 4.69) is 15.4 Å². The molecule has 0 bridgehead atoms. The Morgan fingerprint density at radius 3 is 2.86 bits per heavy atom. The molecule has 4 aromatic rings. The smallest absolute Gasteiger partial charge is 0.252 e. The van der Waals surface area contributed by atoms with Crippen LogP contribution in [0, 0.1) is 6.92 Å². The van der Waals surface area contributed by atoms with E-state index in [1.807, 2.05) is 42.0 Å². The highest BCUT2D eigenvalue weighted by molar-refractivity contribution is 7.91. The summed E-state index contributed by atoms with van der Waals surface area (Å²) in [4.78, 5) is 22.3. The number of hydrogen-bond acceptors (Lipinski definition) is 7. The molecule has 1 N–H and O–H groups in total. The van der Waals surface area contributed by atoms with Crippen LogP contribution in [0.25, 0.3) is 22.3 Å². The first-order chi connectivity index (χ1) is 17.3. The predicted molar refractivity (Wildman–Crippen MR) is 136 cm³/mol. The van der Waals surface area contributed by atoms with Gasteiger partial charge >= 0.3 is 0 Å². The normalized spacial score (nSPS) is 16.9. The number of aromatic nitrogens is 5. The number of aryl methyl sites for hydroxylation is 2. The second kappa shape index (κ2) is 9.73. The van der Waals surface area contributed by atoms with Crippen LogP contribution in [-0.2, 0) is 16.4 Å². The minimum absolute atomic E-state index is 0.0179. The van der Waals surface area contributed by atoms with E-state index in [9.17, 15) is 13.2 Å². The summed E-state index contributed by atoms with van der Waals surface area (Å²) >= 11 is 0. The molecule has 0 aliphatic carbocycles. The van der Waals surface area contributed by atoms with Gasteiger partial charge in [0.25, 0.3) is 5.91 Å². The van der Waals surface area contributed by atoms with Gasteiger partial charge in [0.15, 0.2) is 15.5 Å². The fourth-order valence-corrected chi connectivity index (χ4v) is 6.32. The van der Waals surface area contributed by atoms with Crippen molar-refractivity contribution in [3.05, 3.63) is 60.3 Å². The monoisotopic (exact) mass is 508 g/mol. The molecule has 1 aliphatic rings. The lowest BCUT2D eigenvalue weighted by molar-refractivity contribution is 0.0954. The lowest BCUT2D eigenvalue weighted by atomic mass is 10.0. The molecule has 1 unspecified atom stereocenters. The van der Waals surface area contributed by atoms with Gasteiger partial charge in [0.1, 0.15) is 5.75 Å². The number of carbonyl (C=O) groups excluding carboxylic acids is 1. The molecule has 4 heterocycles. The number of amides is 1. The minimum atomic E-state index is -3.13. The van der Waals surface area contributed by atoms with Crippen molar-refractivity contribution in [1.82, 2.24) is 29.6 Å². The summed E-state index contributed by atoms with van der Waals surface area (Å²) < 4.78 is 33.4. The van der Waals surface area contributed by atoms with Gasteiger partial charge in [-0.1, -0.05) is 12.1 Å².